The monoisotopic (exact) mass is 511 g/mol. The number of aromatic nitrogens is 4. The average Bonchev–Trinajstić information content (AvgIpc) is 3.35. The van der Waals surface area contributed by atoms with Gasteiger partial charge in [0.15, 0.2) is 28.1 Å². The quantitative estimate of drug-likeness (QED) is 0.229. The predicted molar refractivity (Wildman–Crippen MR) is 119 cm³/mol. The van der Waals surface area contributed by atoms with Crippen LogP contribution in [0.25, 0.3) is 10.9 Å². The minimum absolute atomic E-state index is 0.0120. The highest BCUT2D eigenvalue weighted by molar-refractivity contribution is 7.99. The Morgan fingerprint density at radius 3 is 2.60 bits per heavy atom. The molecule has 7 nitrogen and oxygen atoms in total. The maximum atomic E-state index is 15.3. The van der Waals surface area contributed by atoms with Crippen molar-refractivity contribution in [3.8, 4) is 5.75 Å². The van der Waals surface area contributed by atoms with Crippen LogP contribution in [0.2, 0.25) is 0 Å². The van der Waals surface area contributed by atoms with E-state index < -0.39 is 46.5 Å². The van der Waals surface area contributed by atoms with Crippen molar-refractivity contribution in [2.24, 2.45) is 0 Å². The van der Waals surface area contributed by atoms with Gasteiger partial charge in [-0.15, -0.1) is 0 Å². The molecule has 0 saturated carbocycles. The van der Waals surface area contributed by atoms with Crippen molar-refractivity contribution in [1.82, 2.24) is 20.2 Å². The normalized spacial score (nSPS) is 14.5. The zero-order valence-electron chi connectivity index (χ0n) is 18.0. The lowest BCUT2D eigenvalue weighted by molar-refractivity contribution is -0.256. The molecule has 0 aliphatic carbocycles. The van der Waals surface area contributed by atoms with E-state index >= 15 is 4.39 Å². The van der Waals surface area contributed by atoms with Crippen LogP contribution in [0, 0.1) is 11.6 Å². The standard InChI is InChI=1S/C22H18F5N5O2S/c1-34-18-14(23)8-7-13(17(18)24)19(31-16-6-2-5-15-12(16)4-3-9-28-15)21(33,22(25,26)27)10-35-20-29-11-30-32-20/h2-9,11,19,31,33H,10H2,1H3,(H,29,30,32). The SMILES string of the molecule is COc1c(F)ccc(C(Nc2cccc3ncccc23)C(O)(CSc2ncn[nH]2)C(F)(F)F)c1F. The van der Waals surface area contributed by atoms with Crippen LogP contribution < -0.4 is 10.1 Å². The minimum atomic E-state index is -5.26. The number of rotatable bonds is 8. The summed E-state index contributed by atoms with van der Waals surface area (Å²) in [6, 6.07) is 7.34. The summed E-state index contributed by atoms with van der Waals surface area (Å²) >= 11 is 0.538. The fourth-order valence-electron chi connectivity index (χ4n) is 3.57. The molecule has 184 valence electrons. The molecule has 0 radical (unpaired) electrons. The molecule has 4 aromatic rings. The number of aliphatic hydroxyl groups is 1. The van der Waals surface area contributed by atoms with Crippen molar-refractivity contribution < 1.29 is 31.8 Å². The van der Waals surface area contributed by atoms with E-state index in [0.29, 0.717) is 22.7 Å². The van der Waals surface area contributed by atoms with Crippen LogP contribution in [0.15, 0.2) is 60.1 Å². The molecule has 2 atom stereocenters. The third kappa shape index (κ3) is 4.73. The van der Waals surface area contributed by atoms with Crippen molar-refractivity contribution in [2.45, 2.75) is 23.0 Å². The van der Waals surface area contributed by atoms with Gasteiger partial charge in [0, 0.05) is 28.6 Å². The molecule has 2 aromatic heterocycles. The summed E-state index contributed by atoms with van der Waals surface area (Å²) in [5.41, 5.74) is -3.60. The van der Waals surface area contributed by atoms with Crippen LogP contribution in [0.3, 0.4) is 0 Å². The minimum Gasteiger partial charge on any atom is -0.491 e. The molecule has 0 bridgehead atoms. The summed E-state index contributed by atoms with van der Waals surface area (Å²) in [4.78, 5) is 7.93. The molecule has 2 aromatic carbocycles. The third-order valence-corrected chi connectivity index (χ3v) is 6.38. The second kappa shape index (κ2) is 9.66. The number of hydrogen-bond acceptors (Lipinski definition) is 7. The van der Waals surface area contributed by atoms with Crippen molar-refractivity contribution in [2.75, 3.05) is 18.2 Å². The Balaban J connectivity index is 1.88. The van der Waals surface area contributed by atoms with Crippen molar-refractivity contribution in [3.05, 3.63) is 72.2 Å². The molecule has 13 heteroatoms. The highest BCUT2D eigenvalue weighted by Crippen LogP contribution is 2.46. The lowest BCUT2D eigenvalue weighted by atomic mass is 9.88. The number of fused-ring (bicyclic) bond motifs is 1. The fourth-order valence-corrected chi connectivity index (χ4v) is 4.49. The molecule has 4 rings (SSSR count). The van der Waals surface area contributed by atoms with Gasteiger partial charge in [0.25, 0.3) is 0 Å². The predicted octanol–water partition coefficient (Wildman–Crippen LogP) is 4.88. The van der Waals surface area contributed by atoms with Gasteiger partial charge in [-0.25, -0.2) is 13.8 Å². The Morgan fingerprint density at radius 2 is 1.91 bits per heavy atom. The third-order valence-electron chi connectivity index (χ3n) is 5.33. The zero-order chi connectivity index (χ0) is 25.2. The van der Waals surface area contributed by atoms with Crippen molar-refractivity contribution in [3.63, 3.8) is 0 Å². The molecule has 0 saturated heterocycles. The molecular formula is C22H18F5N5O2S. The highest BCUT2D eigenvalue weighted by atomic mass is 32.2. The lowest BCUT2D eigenvalue weighted by Gasteiger charge is -2.38. The average molecular weight is 511 g/mol. The van der Waals surface area contributed by atoms with E-state index in [2.05, 4.69) is 25.5 Å². The molecule has 35 heavy (non-hydrogen) atoms. The topological polar surface area (TPSA) is 95.9 Å². The van der Waals surface area contributed by atoms with Crippen LogP contribution in [-0.4, -0.2) is 49.9 Å². The number of aromatic amines is 1. The number of nitrogens with zero attached hydrogens (tertiary/aromatic N) is 3. The first kappa shape index (κ1) is 24.7. The Bertz CT molecular complexity index is 1320. The van der Waals surface area contributed by atoms with E-state index in [0.717, 1.165) is 25.6 Å². The zero-order valence-corrected chi connectivity index (χ0v) is 18.8. The number of pyridine rings is 1. The van der Waals surface area contributed by atoms with E-state index in [4.69, 9.17) is 4.74 Å². The molecule has 0 amide bonds. The van der Waals surface area contributed by atoms with Gasteiger partial charge in [0.2, 0.25) is 0 Å². The van der Waals surface area contributed by atoms with E-state index in [1.807, 2.05) is 0 Å². The molecule has 0 aliphatic heterocycles. The van der Waals surface area contributed by atoms with Gasteiger partial charge in [0.05, 0.1) is 18.7 Å². The number of thioether (sulfide) groups is 1. The lowest BCUT2D eigenvalue weighted by Crippen LogP contribution is -2.55. The van der Waals surface area contributed by atoms with Crippen LogP contribution in [0.1, 0.15) is 11.6 Å². The summed E-state index contributed by atoms with van der Waals surface area (Å²) in [6.07, 6.45) is -2.65. The summed E-state index contributed by atoms with van der Waals surface area (Å²) < 4.78 is 77.6. The van der Waals surface area contributed by atoms with Gasteiger partial charge >= 0.3 is 6.18 Å². The number of halogens is 5. The van der Waals surface area contributed by atoms with E-state index in [1.165, 1.54) is 12.3 Å². The van der Waals surface area contributed by atoms with Gasteiger partial charge in [-0.3, -0.25) is 10.1 Å². The molecule has 0 fully saturated rings. The number of H-pyrrole nitrogens is 1. The second-order valence-corrected chi connectivity index (χ2v) is 8.40. The first-order valence-corrected chi connectivity index (χ1v) is 11.0. The second-order valence-electron chi connectivity index (χ2n) is 7.44. The highest BCUT2D eigenvalue weighted by Gasteiger charge is 2.60. The maximum Gasteiger partial charge on any atom is 0.420 e. The number of hydrogen-bond donors (Lipinski definition) is 3. The van der Waals surface area contributed by atoms with Crippen LogP contribution >= 0.6 is 11.8 Å². The molecule has 2 heterocycles. The van der Waals surface area contributed by atoms with Gasteiger partial charge in [-0.1, -0.05) is 23.9 Å². The summed E-state index contributed by atoms with van der Waals surface area (Å²) in [7, 11) is 0.986. The molecule has 3 N–H and O–H groups in total. The maximum absolute atomic E-state index is 15.3. The Labute approximate surface area is 199 Å². The first-order valence-electron chi connectivity index (χ1n) is 10.0. The van der Waals surface area contributed by atoms with Crippen LogP contribution in [0.5, 0.6) is 5.75 Å². The number of nitrogens with one attached hydrogen (secondary N) is 2. The number of ether oxygens (including phenoxy) is 1. The van der Waals surface area contributed by atoms with E-state index in [9.17, 15) is 22.7 Å². The molecule has 2 unspecified atom stereocenters. The van der Waals surface area contributed by atoms with Gasteiger partial charge in [-0.2, -0.15) is 18.3 Å². The molecular weight excluding hydrogens is 493 g/mol. The number of benzene rings is 2. The van der Waals surface area contributed by atoms with Gasteiger partial charge in [-0.05, 0) is 30.3 Å². The van der Waals surface area contributed by atoms with Gasteiger partial charge in [0.1, 0.15) is 6.33 Å². The first-order chi connectivity index (χ1) is 16.7. The fraction of sp³-hybridized carbons (Fsp3) is 0.227. The smallest absolute Gasteiger partial charge is 0.420 e. The molecule has 0 aliphatic rings. The Hall–Kier alpha value is -3.45. The molecule has 0 spiro atoms. The summed E-state index contributed by atoms with van der Waals surface area (Å²) in [5, 5.41) is 20.2. The summed E-state index contributed by atoms with van der Waals surface area (Å²) in [6.45, 7) is 0. The van der Waals surface area contributed by atoms with Crippen LogP contribution in [0.4, 0.5) is 27.6 Å². The van der Waals surface area contributed by atoms with Crippen LogP contribution in [-0.2, 0) is 0 Å². The van der Waals surface area contributed by atoms with Crippen molar-refractivity contribution >= 4 is 28.4 Å². The van der Waals surface area contributed by atoms with E-state index in [1.54, 1.807) is 24.3 Å². The largest absolute Gasteiger partial charge is 0.491 e. The summed E-state index contributed by atoms with van der Waals surface area (Å²) in [5.74, 6) is -4.35. The Morgan fingerprint density at radius 1 is 1.11 bits per heavy atom. The van der Waals surface area contributed by atoms with Crippen molar-refractivity contribution in [1.29, 1.82) is 0 Å². The van der Waals surface area contributed by atoms with Gasteiger partial charge < -0.3 is 15.2 Å². The number of anilines is 1. The number of methoxy groups -OCH3 is 1. The van der Waals surface area contributed by atoms with E-state index in [-0.39, 0.29) is 10.8 Å². The Kier molecular flexibility index (Phi) is 6.81. The number of alkyl halides is 3.